The summed E-state index contributed by atoms with van der Waals surface area (Å²) in [4.78, 5) is 22.9. The second-order valence-electron chi connectivity index (χ2n) is 5.18. The van der Waals surface area contributed by atoms with Crippen LogP contribution in [0.4, 0.5) is 0 Å². The average molecular weight is 285 g/mol. The Labute approximate surface area is 121 Å². The number of aromatic nitrogens is 1. The standard InChI is InChI=1S/C15H15N3O3/c16-14(19)10-6-11(7-10)17-15(20)12-8-13(21-18-12)9-4-2-1-3-5-9/h1-5,8,10-11H,6-7H2,(H2,16,19)(H,17,20)/t10-,11-. The number of hydrogen-bond donors (Lipinski definition) is 2. The quantitative estimate of drug-likeness (QED) is 0.885. The predicted molar refractivity (Wildman–Crippen MR) is 75.1 cm³/mol. The molecule has 0 saturated heterocycles. The van der Waals surface area contributed by atoms with E-state index in [0.717, 1.165) is 5.56 Å². The first-order valence-electron chi connectivity index (χ1n) is 6.76. The van der Waals surface area contributed by atoms with Crippen molar-refractivity contribution in [2.45, 2.75) is 18.9 Å². The summed E-state index contributed by atoms with van der Waals surface area (Å²) in [7, 11) is 0. The summed E-state index contributed by atoms with van der Waals surface area (Å²) in [6.07, 6.45) is 1.18. The Hall–Kier alpha value is -2.63. The molecular weight excluding hydrogens is 270 g/mol. The van der Waals surface area contributed by atoms with Crippen LogP contribution in [-0.4, -0.2) is 23.0 Å². The van der Waals surface area contributed by atoms with Crippen LogP contribution in [0, 0.1) is 5.92 Å². The Morgan fingerprint density at radius 3 is 2.62 bits per heavy atom. The molecular formula is C15H15N3O3. The van der Waals surface area contributed by atoms with Crippen molar-refractivity contribution >= 4 is 11.8 Å². The molecule has 0 unspecified atom stereocenters. The van der Waals surface area contributed by atoms with Crippen LogP contribution in [0.25, 0.3) is 11.3 Å². The fourth-order valence-corrected chi connectivity index (χ4v) is 2.35. The molecule has 0 spiro atoms. The lowest BCUT2D eigenvalue weighted by Crippen LogP contribution is -2.48. The Balaban J connectivity index is 1.62. The molecule has 1 aliphatic carbocycles. The Bertz CT molecular complexity index is 660. The molecule has 21 heavy (non-hydrogen) atoms. The third-order valence-electron chi connectivity index (χ3n) is 3.68. The summed E-state index contributed by atoms with van der Waals surface area (Å²) in [6.45, 7) is 0. The van der Waals surface area contributed by atoms with Gasteiger partial charge in [-0.1, -0.05) is 35.5 Å². The van der Waals surface area contributed by atoms with Crippen molar-refractivity contribution in [1.82, 2.24) is 10.5 Å². The number of carbonyl (C=O) groups is 2. The van der Waals surface area contributed by atoms with Crippen molar-refractivity contribution in [3.05, 3.63) is 42.1 Å². The highest BCUT2D eigenvalue weighted by molar-refractivity contribution is 5.93. The van der Waals surface area contributed by atoms with E-state index in [1.807, 2.05) is 30.3 Å². The highest BCUT2D eigenvalue weighted by Crippen LogP contribution is 2.27. The summed E-state index contributed by atoms with van der Waals surface area (Å²) in [5.74, 6) is -0.195. The summed E-state index contributed by atoms with van der Waals surface area (Å²) in [5, 5.41) is 6.59. The number of carbonyl (C=O) groups excluding carboxylic acids is 2. The van der Waals surface area contributed by atoms with Gasteiger partial charge in [0, 0.05) is 23.6 Å². The van der Waals surface area contributed by atoms with Crippen molar-refractivity contribution in [2.75, 3.05) is 0 Å². The second kappa shape index (κ2) is 5.40. The lowest BCUT2D eigenvalue weighted by atomic mass is 9.80. The van der Waals surface area contributed by atoms with Gasteiger partial charge in [0.05, 0.1) is 0 Å². The van der Waals surface area contributed by atoms with E-state index < -0.39 is 0 Å². The van der Waals surface area contributed by atoms with E-state index in [-0.39, 0.29) is 29.5 Å². The lowest BCUT2D eigenvalue weighted by molar-refractivity contribution is -0.124. The van der Waals surface area contributed by atoms with Crippen molar-refractivity contribution in [3.63, 3.8) is 0 Å². The van der Waals surface area contributed by atoms with Gasteiger partial charge in [-0.25, -0.2) is 0 Å². The molecule has 1 aromatic heterocycles. The van der Waals surface area contributed by atoms with Gasteiger partial charge in [0.15, 0.2) is 11.5 Å². The molecule has 1 aromatic carbocycles. The van der Waals surface area contributed by atoms with Crippen LogP contribution in [0.2, 0.25) is 0 Å². The zero-order valence-corrected chi connectivity index (χ0v) is 11.3. The first-order chi connectivity index (χ1) is 10.1. The van der Waals surface area contributed by atoms with Crippen molar-refractivity contribution in [1.29, 1.82) is 0 Å². The zero-order chi connectivity index (χ0) is 14.8. The molecule has 3 N–H and O–H groups in total. The molecule has 1 heterocycles. The number of benzene rings is 1. The van der Waals surface area contributed by atoms with Crippen LogP contribution in [-0.2, 0) is 4.79 Å². The fraction of sp³-hybridized carbons (Fsp3) is 0.267. The van der Waals surface area contributed by atoms with E-state index in [0.29, 0.717) is 18.6 Å². The first kappa shape index (κ1) is 13.4. The van der Waals surface area contributed by atoms with Gasteiger partial charge in [0.2, 0.25) is 5.91 Å². The smallest absolute Gasteiger partial charge is 0.273 e. The predicted octanol–water partition coefficient (Wildman–Crippen LogP) is 1.34. The molecule has 3 rings (SSSR count). The first-order valence-corrected chi connectivity index (χ1v) is 6.76. The fourth-order valence-electron chi connectivity index (χ4n) is 2.35. The van der Waals surface area contributed by atoms with Crippen LogP contribution in [0.3, 0.4) is 0 Å². The van der Waals surface area contributed by atoms with Crippen molar-refractivity contribution < 1.29 is 14.1 Å². The largest absolute Gasteiger partial charge is 0.369 e. The van der Waals surface area contributed by atoms with Crippen LogP contribution in [0.15, 0.2) is 40.9 Å². The highest BCUT2D eigenvalue weighted by Gasteiger charge is 2.34. The van der Waals surface area contributed by atoms with E-state index in [1.165, 1.54) is 0 Å². The molecule has 6 heteroatoms. The van der Waals surface area contributed by atoms with Crippen LogP contribution in [0.1, 0.15) is 23.3 Å². The highest BCUT2D eigenvalue weighted by atomic mass is 16.5. The number of rotatable bonds is 4. The number of nitrogens with zero attached hydrogens (tertiary/aromatic N) is 1. The van der Waals surface area contributed by atoms with Gasteiger partial charge in [-0.05, 0) is 12.8 Å². The molecule has 0 bridgehead atoms. The van der Waals surface area contributed by atoms with Crippen molar-refractivity contribution in [3.8, 4) is 11.3 Å². The molecule has 0 atom stereocenters. The summed E-state index contributed by atoms with van der Waals surface area (Å²) >= 11 is 0. The second-order valence-corrected chi connectivity index (χ2v) is 5.18. The van der Waals surface area contributed by atoms with Crippen molar-refractivity contribution in [2.24, 2.45) is 11.7 Å². The minimum atomic E-state index is -0.312. The lowest BCUT2D eigenvalue weighted by Gasteiger charge is -2.33. The number of primary amides is 1. The third kappa shape index (κ3) is 2.79. The Morgan fingerprint density at radius 1 is 1.24 bits per heavy atom. The number of amides is 2. The molecule has 108 valence electrons. The van der Waals surface area contributed by atoms with Gasteiger partial charge >= 0.3 is 0 Å². The number of hydrogen-bond acceptors (Lipinski definition) is 4. The van der Waals surface area contributed by atoms with Crippen LogP contribution in [0.5, 0.6) is 0 Å². The van der Waals surface area contributed by atoms with Gasteiger partial charge in [-0.15, -0.1) is 0 Å². The Morgan fingerprint density at radius 2 is 1.95 bits per heavy atom. The maximum atomic E-state index is 12.0. The van der Waals surface area contributed by atoms with Gasteiger partial charge in [-0.3, -0.25) is 9.59 Å². The molecule has 1 fully saturated rings. The summed E-state index contributed by atoms with van der Waals surface area (Å²) < 4.78 is 5.18. The number of nitrogens with two attached hydrogens (primary N) is 1. The summed E-state index contributed by atoms with van der Waals surface area (Å²) in [6, 6.07) is 11.0. The van der Waals surface area contributed by atoms with E-state index in [2.05, 4.69) is 10.5 Å². The zero-order valence-electron chi connectivity index (χ0n) is 11.3. The van der Waals surface area contributed by atoms with Crippen LogP contribution >= 0.6 is 0 Å². The third-order valence-corrected chi connectivity index (χ3v) is 3.68. The normalized spacial score (nSPS) is 20.6. The topological polar surface area (TPSA) is 98.2 Å². The molecule has 1 aliphatic rings. The van der Waals surface area contributed by atoms with Gasteiger partial charge in [0.25, 0.3) is 5.91 Å². The van der Waals surface area contributed by atoms with E-state index in [1.54, 1.807) is 6.07 Å². The molecule has 0 aliphatic heterocycles. The molecule has 2 amide bonds. The SMILES string of the molecule is NC(=O)[C@H]1C[C@H](NC(=O)c2cc(-c3ccccc3)on2)C1. The van der Waals surface area contributed by atoms with Gasteiger partial charge < -0.3 is 15.6 Å². The minimum Gasteiger partial charge on any atom is -0.369 e. The maximum absolute atomic E-state index is 12.0. The summed E-state index contributed by atoms with van der Waals surface area (Å²) in [5.41, 5.74) is 6.29. The molecule has 2 aromatic rings. The van der Waals surface area contributed by atoms with Crippen LogP contribution < -0.4 is 11.1 Å². The van der Waals surface area contributed by atoms with Gasteiger partial charge in [0.1, 0.15) is 0 Å². The maximum Gasteiger partial charge on any atom is 0.273 e. The molecule has 6 nitrogen and oxygen atoms in total. The molecule has 0 radical (unpaired) electrons. The molecule has 1 saturated carbocycles. The number of nitrogens with one attached hydrogen (secondary N) is 1. The van der Waals surface area contributed by atoms with E-state index in [4.69, 9.17) is 10.3 Å². The Kier molecular flexibility index (Phi) is 3.43. The van der Waals surface area contributed by atoms with E-state index in [9.17, 15) is 9.59 Å². The average Bonchev–Trinajstić information content (AvgIpc) is 2.92. The minimum absolute atomic E-state index is 0.0214. The monoisotopic (exact) mass is 285 g/mol. The van der Waals surface area contributed by atoms with E-state index >= 15 is 0 Å². The van der Waals surface area contributed by atoms with Gasteiger partial charge in [-0.2, -0.15) is 0 Å².